The highest BCUT2D eigenvalue weighted by molar-refractivity contribution is 5.83. The third-order valence-corrected chi connectivity index (χ3v) is 3.60. The highest BCUT2D eigenvalue weighted by atomic mass is 16.4. The minimum Gasteiger partial charge on any atom is -0.480 e. The maximum Gasteiger partial charge on any atom is 0.326 e. The molecule has 90 valence electrons. The number of urea groups is 1. The average Bonchev–Trinajstić information content (AvgIpc) is 2.99. The summed E-state index contributed by atoms with van der Waals surface area (Å²) in [6.45, 7) is 2.46. The van der Waals surface area contributed by atoms with Crippen molar-refractivity contribution in [2.75, 3.05) is 13.6 Å². The molecule has 2 rings (SSSR count). The van der Waals surface area contributed by atoms with Crippen LogP contribution in [0.15, 0.2) is 0 Å². The number of carboxylic acids is 1. The van der Waals surface area contributed by atoms with Gasteiger partial charge in [-0.3, -0.25) is 0 Å². The van der Waals surface area contributed by atoms with Crippen LogP contribution < -0.4 is 0 Å². The van der Waals surface area contributed by atoms with Gasteiger partial charge in [-0.05, 0) is 25.2 Å². The maximum absolute atomic E-state index is 12.1. The molecule has 2 aliphatic rings. The Bertz CT molecular complexity index is 314. The largest absolute Gasteiger partial charge is 0.480 e. The van der Waals surface area contributed by atoms with Crippen LogP contribution in [0, 0.1) is 5.92 Å². The molecule has 2 amide bonds. The van der Waals surface area contributed by atoms with Gasteiger partial charge >= 0.3 is 12.0 Å². The van der Waals surface area contributed by atoms with Gasteiger partial charge in [-0.25, -0.2) is 9.59 Å². The van der Waals surface area contributed by atoms with Gasteiger partial charge in [0.25, 0.3) is 0 Å². The normalized spacial score (nSPS) is 29.2. The first kappa shape index (κ1) is 11.2. The fraction of sp³-hybridized carbons (Fsp3) is 0.818. The zero-order valence-corrected chi connectivity index (χ0v) is 9.72. The molecular weight excluding hydrogens is 208 g/mol. The first-order valence-electron chi connectivity index (χ1n) is 5.78. The van der Waals surface area contributed by atoms with Crippen molar-refractivity contribution in [3.05, 3.63) is 0 Å². The van der Waals surface area contributed by atoms with E-state index < -0.39 is 12.0 Å². The quantitative estimate of drug-likeness (QED) is 0.764. The molecule has 16 heavy (non-hydrogen) atoms. The van der Waals surface area contributed by atoms with Gasteiger partial charge in [-0.15, -0.1) is 0 Å². The molecule has 1 aliphatic heterocycles. The summed E-state index contributed by atoms with van der Waals surface area (Å²) in [6, 6.07) is -0.439. The summed E-state index contributed by atoms with van der Waals surface area (Å²) in [7, 11) is 1.77. The number of carboxylic acid groups (broad SMARTS) is 1. The topological polar surface area (TPSA) is 60.9 Å². The van der Waals surface area contributed by atoms with E-state index in [4.69, 9.17) is 5.11 Å². The summed E-state index contributed by atoms with van der Waals surface area (Å²) >= 11 is 0. The number of likely N-dealkylation sites (tertiary alicyclic amines) is 1. The Balaban J connectivity index is 2.07. The maximum atomic E-state index is 12.1. The van der Waals surface area contributed by atoms with Gasteiger partial charge in [0.15, 0.2) is 0 Å². The second-order valence-electron chi connectivity index (χ2n) is 4.87. The van der Waals surface area contributed by atoms with Crippen LogP contribution in [-0.2, 0) is 4.79 Å². The second-order valence-corrected chi connectivity index (χ2v) is 4.87. The van der Waals surface area contributed by atoms with Crippen LogP contribution in [0.2, 0.25) is 0 Å². The molecule has 0 bridgehead atoms. The molecule has 0 spiro atoms. The summed E-state index contributed by atoms with van der Waals surface area (Å²) in [4.78, 5) is 26.4. The van der Waals surface area contributed by atoms with E-state index in [1.54, 1.807) is 11.9 Å². The van der Waals surface area contributed by atoms with Crippen LogP contribution in [0.4, 0.5) is 4.79 Å². The monoisotopic (exact) mass is 226 g/mol. The summed E-state index contributed by atoms with van der Waals surface area (Å²) < 4.78 is 0. The molecule has 0 aromatic rings. The lowest BCUT2D eigenvalue weighted by Gasteiger charge is -2.28. The van der Waals surface area contributed by atoms with Crippen LogP contribution in [0.1, 0.15) is 26.2 Å². The smallest absolute Gasteiger partial charge is 0.326 e. The lowest BCUT2D eigenvalue weighted by molar-refractivity contribution is -0.142. The van der Waals surface area contributed by atoms with Crippen LogP contribution >= 0.6 is 0 Å². The zero-order chi connectivity index (χ0) is 11.9. The van der Waals surface area contributed by atoms with Crippen molar-refractivity contribution >= 4 is 12.0 Å². The van der Waals surface area contributed by atoms with Crippen LogP contribution in [-0.4, -0.2) is 52.6 Å². The molecular formula is C11H18N2O3. The van der Waals surface area contributed by atoms with E-state index >= 15 is 0 Å². The predicted octanol–water partition coefficient (Wildman–Crippen LogP) is 0.996. The fourth-order valence-corrected chi connectivity index (χ4v) is 2.36. The lowest BCUT2D eigenvalue weighted by Crippen LogP contribution is -2.48. The molecule has 2 atom stereocenters. The molecule has 1 saturated carbocycles. The van der Waals surface area contributed by atoms with Crippen LogP contribution in [0.25, 0.3) is 0 Å². The van der Waals surface area contributed by atoms with Crippen LogP contribution in [0.3, 0.4) is 0 Å². The Morgan fingerprint density at radius 1 is 1.31 bits per heavy atom. The minimum atomic E-state index is -0.887. The number of nitrogens with zero attached hydrogens (tertiary/aromatic N) is 2. The number of aliphatic carboxylic acids is 1. The minimum absolute atomic E-state index is 0.0500. The number of carbonyl (C=O) groups is 2. The first-order valence-corrected chi connectivity index (χ1v) is 5.78. The Morgan fingerprint density at radius 3 is 2.44 bits per heavy atom. The molecule has 0 aromatic carbocycles. The number of hydrogen-bond donors (Lipinski definition) is 1. The van der Waals surface area contributed by atoms with Gasteiger partial charge in [-0.2, -0.15) is 0 Å². The van der Waals surface area contributed by atoms with Gasteiger partial charge in [0, 0.05) is 19.6 Å². The Hall–Kier alpha value is -1.26. The SMILES string of the molecule is CC1CCN(C(=O)N(C)C2CC2)C1C(=O)O. The summed E-state index contributed by atoms with van der Waals surface area (Å²) in [5.41, 5.74) is 0. The van der Waals surface area contributed by atoms with Crippen molar-refractivity contribution in [3.63, 3.8) is 0 Å². The molecule has 1 heterocycles. The third-order valence-electron chi connectivity index (χ3n) is 3.60. The Morgan fingerprint density at radius 2 is 1.94 bits per heavy atom. The fourth-order valence-electron chi connectivity index (χ4n) is 2.36. The highest BCUT2D eigenvalue weighted by Gasteiger charge is 2.42. The Kier molecular flexibility index (Phi) is 2.78. The highest BCUT2D eigenvalue weighted by Crippen LogP contribution is 2.30. The zero-order valence-electron chi connectivity index (χ0n) is 9.72. The number of rotatable bonds is 2. The van der Waals surface area contributed by atoms with Crippen LogP contribution in [0.5, 0.6) is 0 Å². The van der Waals surface area contributed by atoms with E-state index in [9.17, 15) is 9.59 Å². The molecule has 1 saturated heterocycles. The van der Waals surface area contributed by atoms with E-state index in [0.29, 0.717) is 12.6 Å². The van der Waals surface area contributed by atoms with Gasteiger partial charge in [0.1, 0.15) is 6.04 Å². The summed E-state index contributed by atoms with van der Waals surface area (Å²) in [5, 5.41) is 9.13. The third kappa shape index (κ3) is 1.86. The standard InChI is InChI=1S/C11H18N2O3/c1-7-5-6-13(9(7)10(14)15)11(16)12(2)8-3-4-8/h7-9H,3-6H2,1-2H3,(H,14,15). The van der Waals surface area contributed by atoms with Crippen molar-refractivity contribution in [2.24, 2.45) is 5.92 Å². The summed E-state index contributed by atoms with van der Waals surface area (Å²) in [6.07, 6.45) is 2.87. The second kappa shape index (κ2) is 3.96. The van der Waals surface area contributed by atoms with Crippen molar-refractivity contribution in [1.29, 1.82) is 0 Å². The molecule has 1 aliphatic carbocycles. The molecule has 0 aromatic heterocycles. The van der Waals surface area contributed by atoms with Gasteiger partial charge in [-0.1, -0.05) is 6.92 Å². The molecule has 2 unspecified atom stereocenters. The van der Waals surface area contributed by atoms with E-state index in [-0.39, 0.29) is 11.9 Å². The number of hydrogen-bond acceptors (Lipinski definition) is 2. The molecule has 5 nitrogen and oxygen atoms in total. The van der Waals surface area contributed by atoms with E-state index in [1.807, 2.05) is 6.92 Å². The van der Waals surface area contributed by atoms with E-state index in [2.05, 4.69) is 0 Å². The Labute approximate surface area is 95.0 Å². The lowest BCUT2D eigenvalue weighted by atomic mass is 10.0. The van der Waals surface area contributed by atoms with Gasteiger partial charge in [0.05, 0.1) is 0 Å². The van der Waals surface area contributed by atoms with Crippen molar-refractivity contribution in [2.45, 2.75) is 38.3 Å². The van der Waals surface area contributed by atoms with Crippen molar-refractivity contribution in [3.8, 4) is 0 Å². The van der Waals surface area contributed by atoms with Gasteiger partial charge in [0.2, 0.25) is 0 Å². The van der Waals surface area contributed by atoms with E-state index in [0.717, 1.165) is 19.3 Å². The number of amides is 2. The molecule has 5 heteroatoms. The average molecular weight is 226 g/mol. The molecule has 2 fully saturated rings. The summed E-state index contributed by atoms with van der Waals surface area (Å²) in [5.74, 6) is -0.836. The predicted molar refractivity (Wildman–Crippen MR) is 58.1 cm³/mol. The molecule has 1 N–H and O–H groups in total. The van der Waals surface area contributed by atoms with Crippen molar-refractivity contribution in [1.82, 2.24) is 9.80 Å². The number of carbonyl (C=O) groups excluding carboxylic acids is 1. The first-order chi connectivity index (χ1) is 7.52. The van der Waals surface area contributed by atoms with Gasteiger partial charge < -0.3 is 14.9 Å². The molecule has 0 radical (unpaired) electrons. The van der Waals surface area contributed by atoms with Crippen molar-refractivity contribution < 1.29 is 14.7 Å². The van der Waals surface area contributed by atoms with E-state index in [1.165, 1.54) is 4.90 Å².